The lowest BCUT2D eigenvalue weighted by Crippen LogP contribution is -2.43. The van der Waals surface area contributed by atoms with Crippen LogP contribution in [0.1, 0.15) is 105 Å². The first kappa shape index (κ1) is 34.5. The predicted octanol–water partition coefficient (Wildman–Crippen LogP) is 7.50. The second kappa shape index (κ2) is 15.1. The van der Waals surface area contributed by atoms with Gasteiger partial charge in [-0.3, -0.25) is 4.79 Å². The highest BCUT2D eigenvalue weighted by Gasteiger charge is 2.27. The molecule has 0 aliphatic rings. The van der Waals surface area contributed by atoms with E-state index in [2.05, 4.69) is 72.5 Å². The Morgan fingerprint density at radius 2 is 1.30 bits per heavy atom. The van der Waals surface area contributed by atoms with Crippen molar-refractivity contribution in [3.63, 3.8) is 0 Å². The molecule has 0 atom stereocenters. The van der Waals surface area contributed by atoms with Gasteiger partial charge in [-0.15, -0.1) is 0 Å². The van der Waals surface area contributed by atoms with E-state index in [-0.39, 0.29) is 17.6 Å². The highest BCUT2D eigenvalue weighted by atomic mass is 32.2. The maximum atomic E-state index is 13.6. The molecule has 7 heteroatoms. The van der Waals surface area contributed by atoms with E-state index in [1.54, 1.807) is 12.1 Å². The standard InChI is InChI=1S/C36H51N2O4S/c1-26(2)31-24-33(27(3)4)36(34(25-31)28(5)6)43(40,41)37-20-12-21-38(7,8)22-13-23-42-32-18-16-30(17-19-32)35(39)29-14-10-9-11-15-29/h9-11,14-19,24-28,37H,12-13,20-23H2,1-8H3/q+1. The Morgan fingerprint density at radius 1 is 0.767 bits per heavy atom. The molecule has 0 saturated heterocycles. The Hall–Kier alpha value is -3.00. The summed E-state index contributed by atoms with van der Waals surface area (Å²) in [4.78, 5) is 13.1. The van der Waals surface area contributed by atoms with E-state index in [4.69, 9.17) is 4.74 Å². The van der Waals surface area contributed by atoms with Crippen LogP contribution in [0.15, 0.2) is 71.6 Å². The summed E-state index contributed by atoms with van der Waals surface area (Å²) in [5.74, 6) is 1.29. The van der Waals surface area contributed by atoms with Crippen LogP contribution in [0, 0.1) is 0 Å². The van der Waals surface area contributed by atoms with Gasteiger partial charge < -0.3 is 9.22 Å². The molecule has 3 aromatic carbocycles. The molecule has 6 nitrogen and oxygen atoms in total. The number of carbonyl (C=O) groups excluding carboxylic acids is 1. The molecule has 0 spiro atoms. The van der Waals surface area contributed by atoms with Gasteiger partial charge in [0.05, 0.1) is 38.7 Å². The summed E-state index contributed by atoms with van der Waals surface area (Å²) in [5, 5.41) is 0. The number of benzene rings is 3. The van der Waals surface area contributed by atoms with Crippen LogP contribution >= 0.6 is 0 Å². The molecule has 0 amide bonds. The zero-order chi connectivity index (χ0) is 31.8. The first-order valence-electron chi connectivity index (χ1n) is 15.5. The third-order valence-electron chi connectivity index (χ3n) is 7.91. The van der Waals surface area contributed by atoms with E-state index in [0.29, 0.717) is 35.1 Å². The van der Waals surface area contributed by atoms with Crippen LogP contribution in [0.2, 0.25) is 0 Å². The van der Waals surface area contributed by atoms with Crippen molar-refractivity contribution in [2.24, 2.45) is 0 Å². The van der Waals surface area contributed by atoms with Gasteiger partial charge in [-0.1, -0.05) is 84.0 Å². The molecular formula is C36H51N2O4S+. The summed E-state index contributed by atoms with van der Waals surface area (Å²) >= 11 is 0. The Bertz CT molecular complexity index is 1420. The summed E-state index contributed by atoms with van der Waals surface area (Å²) in [6.07, 6.45) is 1.60. The quantitative estimate of drug-likeness (QED) is 0.104. The number of quaternary nitrogens is 1. The van der Waals surface area contributed by atoms with Crippen molar-refractivity contribution < 1.29 is 22.4 Å². The maximum absolute atomic E-state index is 13.6. The fraction of sp³-hybridized carbons (Fsp3) is 0.472. The highest BCUT2D eigenvalue weighted by molar-refractivity contribution is 7.89. The normalized spacial score (nSPS) is 12.3. The topological polar surface area (TPSA) is 72.5 Å². The molecule has 234 valence electrons. The number of sulfonamides is 1. The number of hydrogen-bond acceptors (Lipinski definition) is 4. The summed E-state index contributed by atoms with van der Waals surface area (Å²) in [6.45, 7) is 15.3. The zero-order valence-corrected chi connectivity index (χ0v) is 28.1. The fourth-order valence-corrected chi connectivity index (χ4v) is 7.01. The minimum atomic E-state index is -3.65. The Labute approximate surface area is 260 Å². The van der Waals surface area contributed by atoms with E-state index in [0.717, 1.165) is 47.3 Å². The molecule has 0 unspecified atom stereocenters. The van der Waals surface area contributed by atoms with Crippen molar-refractivity contribution in [2.45, 2.75) is 77.0 Å². The lowest BCUT2D eigenvalue weighted by molar-refractivity contribution is -0.890. The summed E-state index contributed by atoms with van der Waals surface area (Å²) in [5.41, 5.74) is 4.29. The summed E-state index contributed by atoms with van der Waals surface area (Å²) < 4.78 is 36.8. The Kier molecular flexibility index (Phi) is 12.1. The maximum Gasteiger partial charge on any atom is 0.241 e. The highest BCUT2D eigenvalue weighted by Crippen LogP contribution is 2.35. The first-order valence-corrected chi connectivity index (χ1v) is 17.0. The minimum absolute atomic E-state index is 0.00162. The molecule has 0 radical (unpaired) electrons. The molecular weight excluding hydrogens is 556 g/mol. The van der Waals surface area contributed by atoms with E-state index < -0.39 is 10.0 Å². The first-order chi connectivity index (χ1) is 20.2. The zero-order valence-electron chi connectivity index (χ0n) is 27.3. The second-order valence-electron chi connectivity index (χ2n) is 13.0. The number of ketones is 1. The van der Waals surface area contributed by atoms with Crippen molar-refractivity contribution in [1.29, 1.82) is 0 Å². The van der Waals surface area contributed by atoms with Gasteiger partial charge in [-0.25, -0.2) is 13.1 Å². The SMILES string of the molecule is CC(C)c1cc(C(C)C)c(S(=O)(=O)NCCC[N+](C)(C)CCCOc2ccc(C(=O)c3ccccc3)cc2)c(C(C)C)c1. The molecule has 1 N–H and O–H groups in total. The molecule has 3 rings (SSSR count). The van der Waals surface area contributed by atoms with Crippen LogP contribution in [0.5, 0.6) is 5.75 Å². The largest absolute Gasteiger partial charge is 0.493 e. The molecule has 0 fully saturated rings. The van der Waals surface area contributed by atoms with E-state index in [1.165, 1.54) is 5.56 Å². The van der Waals surface area contributed by atoms with Crippen LogP contribution in [-0.4, -0.2) is 59.0 Å². The molecule has 0 saturated carbocycles. The number of nitrogens with one attached hydrogen (secondary N) is 1. The number of carbonyl (C=O) groups is 1. The van der Waals surface area contributed by atoms with Crippen LogP contribution in [-0.2, 0) is 10.0 Å². The monoisotopic (exact) mass is 607 g/mol. The number of nitrogens with zero attached hydrogens (tertiary/aromatic N) is 1. The molecule has 0 bridgehead atoms. The Morgan fingerprint density at radius 3 is 1.84 bits per heavy atom. The van der Waals surface area contributed by atoms with Crippen LogP contribution < -0.4 is 9.46 Å². The third-order valence-corrected chi connectivity index (χ3v) is 9.50. The average Bonchev–Trinajstić information content (AvgIpc) is 2.97. The van der Waals surface area contributed by atoms with Crippen molar-refractivity contribution in [3.8, 4) is 5.75 Å². The Balaban J connectivity index is 1.49. The molecule has 0 heterocycles. The average molecular weight is 608 g/mol. The van der Waals surface area contributed by atoms with Gasteiger partial charge in [0.1, 0.15) is 5.75 Å². The lowest BCUT2D eigenvalue weighted by Gasteiger charge is -2.30. The molecule has 43 heavy (non-hydrogen) atoms. The van der Waals surface area contributed by atoms with E-state index >= 15 is 0 Å². The van der Waals surface area contributed by atoms with Crippen molar-refractivity contribution in [2.75, 3.05) is 40.3 Å². The van der Waals surface area contributed by atoms with Gasteiger partial charge in [0.25, 0.3) is 0 Å². The summed E-state index contributed by atoms with van der Waals surface area (Å²) in [6, 6.07) is 20.7. The van der Waals surface area contributed by atoms with E-state index in [1.807, 2.05) is 42.5 Å². The van der Waals surface area contributed by atoms with Gasteiger partial charge in [-0.2, -0.15) is 0 Å². The molecule has 0 aliphatic heterocycles. The summed E-state index contributed by atoms with van der Waals surface area (Å²) in [7, 11) is 0.681. The minimum Gasteiger partial charge on any atom is -0.493 e. The number of ether oxygens (including phenoxy) is 1. The number of rotatable bonds is 16. The van der Waals surface area contributed by atoms with Gasteiger partial charge in [-0.05, 0) is 58.7 Å². The van der Waals surface area contributed by atoms with Crippen LogP contribution in [0.4, 0.5) is 0 Å². The van der Waals surface area contributed by atoms with Crippen LogP contribution in [0.25, 0.3) is 0 Å². The third kappa shape index (κ3) is 9.75. The molecule has 3 aromatic rings. The van der Waals surface area contributed by atoms with Crippen molar-refractivity contribution >= 4 is 15.8 Å². The van der Waals surface area contributed by atoms with Crippen LogP contribution in [0.3, 0.4) is 0 Å². The van der Waals surface area contributed by atoms with E-state index in [9.17, 15) is 13.2 Å². The predicted molar refractivity (Wildman–Crippen MR) is 177 cm³/mol. The van der Waals surface area contributed by atoms with Crippen molar-refractivity contribution in [1.82, 2.24) is 4.72 Å². The van der Waals surface area contributed by atoms with Crippen molar-refractivity contribution in [3.05, 3.63) is 94.5 Å². The number of hydrogen-bond donors (Lipinski definition) is 1. The van der Waals surface area contributed by atoms with Gasteiger partial charge in [0, 0.05) is 30.5 Å². The van der Waals surface area contributed by atoms with Gasteiger partial charge in [0.15, 0.2) is 5.78 Å². The van der Waals surface area contributed by atoms with Gasteiger partial charge in [0.2, 0.25) is 10.0 Å². The molecule has 0 aliphatic carbocycles. The second-order valence-corrected chi connectivity index (χ2v) is 14.8. The molecule has 0 aromatic heterocycles. The smallest absolute Gasteiger partial charge is 0.241 e. The lowest BCUT2D eigenvalue weighted by atomic mass is 9.89. The fourth-order valence-electron chi connectivity index (χ4n) is 5.24. The van der Waals surface area contributed by atoms with Gasteiger partial charge >= 0.3 is 0 Å².